The van der Waals surface area contributed by atoms with Crippen LogP contribution in [0.15, 0.2) is 34.2 Å². The molecule has 0 aliphatic carbocycles. The minimum Gasteiger partial charge on any atom is -0.497 e. The number of hydrogen-bond donors (Lipinski definition) is 2. The summed E-state index contributed by atoms with van der Waals surface area (Å²) in [6, 6.07) is 8.40. The molecule has 0 aliphatic heterocycles. The third-order valence-corrected chi connectivity index (χ3v) is 5.78. The molecule has 3 rings (SSSR count). The van der Waals surface area contributed by atoms with Gasteiger partial charge in [-0.25, -0.2) is 4.98 Å². The van der Waals surface area contributed by atoms with E-state index in [0.29, 0.717) is 11.3 Å². The summed E-state index contributed by atoms with van der Waals surface area (Å²) in [4.78, 5) is 31.5. The Morgan fingerprint density at radius 3 is 2.75 bits per heavy atom. The number of halogens is 3. The second-order valence-corrected chi connectivity index (χ2v) is 8.40. The highest BCUT2D eigenvalue weighted by atomic mass is 32.2. The summed E-state index contributed by atoms with van der Waals surface area (Å²) >= 11 is 1.04. The maximum atomic E-state index is 12.6. The number of nitrogens with zero attached hydrogens (tertiary/aromatic N) is 4. The van der Waals surface area contributed by atoms with Crippen molar-refractivity contribution >= 4 is 34.1 Å². The number of carbonyl (C=O) groups excluding carboxylic acids is 1. The Morgan fingerprint density at radius 1 is 1.38 bits per heavy atom. The third kappa shape index (κ3) is 5.24. The average molecular weight is 482 g/mol. The van der Waals surface area contributed by atoms with E-state index in [1.807, 2.05) is 6.07 Å². The zero-order valence-corrected chi connectivity index (χ0v) is 18.0. The minimum atomic E-state index is -4.66. The average Bonchev–Trinajstić information content (AvgIpc) is 3.22. The van der Waals surface area contributed by atoms with E-state index in [4.69, 9.17) is 4.74 Å². The van der Waals surface area contributed by atoms with Gasteiger partial charge in [-0.05, 0) is 19.1 Å². The first-order valence-corrected chi connectivity index (χ1v) is 10.4. The van der Waals surface area contributed by atoms with Crippen LogP contribution in [0.3, 0.4) is 0 Å². The fraction of sp³-hybridized carbons (Fsp3) is 0.222. The van der Waals surface area contributed by atoms with Crippen molar-refractivity contribution in [2.24, 2.45) is 0 Å². The van der Waals surface area contributed by atoms with Gasteiger partial charge in [0, 0.05) is 5.56 Å². The van der Waals surface area contributed by atoms with Gasteiger partial charge in [0.05, 0.1) is 18.1 Å². The van der Waals surface area contributed by atoms with E-state index in [2.05, 4.69) is 25.5 Å². The predicted octanol–water partition coefficient (Wildman–Crippen LogP) is 3.31. The smallest absolute Gasteiger partial charge is 0.445 e. The van der Waals surface area contributed by atoms with Crippen LogP contribution in [-0.4, -0.2) is 38.4 Å². The largest absolute Gasteiger partial charge is 0.497 e. The molecule has 0 aliphatic rings. The molecule has 166 valence electrons. The van der Waals surface area contributed by atoms with Gasteiger partial charge in [0.2, 0.25) is 16.0 Å². The number of H-pyrrole nitrogens is 1. The lowest BCUT2D eigenvalue weighted by Gasteiger charge is -2.11. The number of methoxy groups -OCH3 is 1. The molecule has 1 aromatic carbocycles. The zero-order chi connectivity index (χ0) is 23.5. The monoisotopic (exact) mass is 482 g/mol. The van der Waals surface area contributed by atoms with Crippen LogP contribution in [0.1, 0.15) is 17.5 Å². The fourth-order valence-electron chi connectivity index (χ4n) is 2.41. The maximum Gasteiger partial charge on any atom is 0.445 e. The first-order valence-electron chi connectivity index (χ1n) is 8.69. The van der Waals surface area contributed by atoms with Crippen molar-refractivity contribution in [1.29, 1.82) is 5.26 Å². The number of ether oxygens (including phenoxy) is 1. The number of benzene rings is 1. The maximum absolute atomic E-state index is 12.6. The van der Waals surface area contributed by atoms with Gasteiger partial charge in [-0.2, -0.15) is 18.4 Å². The zero-order valence-electron chi connectivity index (χ0n) is 16.4. The molecule has 2 heterocycles. The van der Waals surface area contributed by atoms with E-state index >= 15 is 0 Å². The number of aromatic nitrogens is 4. The Kier molecular flexibility index (Phi) is 6.80. The quantitative estimate of drug-likeness (QED) is 0.404. The third-order valence-electron chi connectivity index (χ3n) is 3.91. The van der Waals surface area contributed by atoms with Crippen LogP contribution in [0.25, 0.3) is 11.3 Å². The van der Waals surface area contributed by atoms with Crippen molar-refractivity contribution in [3.8, 4) is 23.1 Å². The van der Waals surface area contributed by atoms with Crippen LogP contribution >= 0.6 is 23.1 Å². The van der Waals surface area contributed by atoms with Crippen LogP contribution < -0.4 is 15.6 Å². The van der Waals surface area contributed by atoms with Gasteiger partial charge in [-0.15, -0.1) is 10.2 Å². The van der Waals surface area contributed by atoms with Crippen molar-refractivity contribution in [2.45, 2.75) is 23.5 Å². The van der Waals surface area contributed by atoms with Gasteiger partial charge in [-0.3, -0.25) is 14.9 Å². The highest BCUT2D eigenvalue weighted by molar-refractivity contribution is 8.00. The summed E-state index contributed by atoms with van der Waals surface area (Å²) in [5.74, 6) is -0.180. The van der Waals surface area contributed by atoms with E-state index in [9.17, 15) is 28.0 Å². The fourth-order valence-corrected chi connectivity index (χ4v) is 3.82. The van der Waals surface area contributed by atoms with Crippen molar-refractivity contribution in [2.75, 3.05) is 12.4 Å². The molecule has 0 fully saturated rings. The molecule has 0 saturated carbocycles. The molecule has 0 bridgehead atoms. The van der Waals surface area contributed by atoms with Crippen LogP contribution in [0, 0.1) is 11.3 Å². The summed E-state index contributed by atoms with van der Waals surface area (Å²) in [5, 5.41) is 15.6. The Morgan fingerprint density at radius 2 is 2.12 bits per heavy atom. The standard InChI is InChI=1S/C18H13F3N6O3S2/c1-8(13(28)24-17-27-26-15(32-17)18(19,20)21)31-16-23-12(11(7-22)14(29)25-16)9-4-3-5-10(6-9)30-2/h3-6,8H,1-2H3,(H,23,25,29)(H,24,27,28). The van der Waals surface area contributed by atoms with Crippen molar-refractivity contribution in [3.63, 3.8) is 0 Å². The number of hydrogen-bond acceptors (Lipinski definition) is 9. The molecular formula is C18H13F3N6O3S2. The van der Waals surface area contributed by atoms with Gasteiger partial charge in [0.1, 0.15) is 17.4 Å². The van der Waals surface area contributed by atoms with Gasteiger partial charge in [0.25, 0.3) is 5.56 Å². The summed E-state index contributed by atoms with van der Waals surface area (Å²) in [6.45, 7) is 1.47. The number of alkyl halides is 3. The molecule has 1 unspecified atom stereocenters. The first-order chi connectivity index (χ1) is 15.1. The van der Waals surface area contributed by atoms with Crippen molar-refractivity contribution in [1.82, 2.24) is 20.2 Å². The number of amides is 1. The molecule has 0 spiro atoms. The van der Waals surface area contributed by atoms with Crippen LogP contribution in [-0.2, 0) is 11.0 Å². The van der Waals surface area contributed by atoms with E-state index in [-0.39, 0.29) is 32.9 Å². The molecular weight excluding hydrogens is 469 g/mol. The second kappa shape index (κ2) is 9.37. The molecule has 3 aromatic rings. The highest BCUT2D eigenvalue weighted by Crippen LogP contribution is 2.33. The topological polar surface area (TPSA) is 134 Å². The molecule has 1 atom stereocenters. The molecule has 2 aromatic heterocycles. The number of carbonyl (C=O) groups is 1. The number of thioether (sulfide) groups is 1. The van der Waals surface area contributed by atoms with Crippen LogP contribution in [0.2, 0.25) is 0 Å². The number of aromatic amines is 1. The SMILES string of the molecule is COc1cccc(-c2nc(SC(C)C(=O)Nc3nnc(C(F)(F)F)s3)[nH]c(=O)c2C#N)c1. The number of nitriles is 1. The number of anilines is 1. The molecule has 0 radical (unpaired) electrons. The van der Waals surface area contributed by atoms with Gasteiger partial charge in [0.15, 0.2) is 5.16 Å². The highest BCUT2D eigenvalue weighted by Gasteiger charge is 2.36. The van der Waals surface area contributed by atoms with Crippen molar-refractivity contribution < 1.29 is 22.7 Å². The second-order valence-electron chi connectivity index (χ2n) is 6.10. The minimum absolute atomic E-state index is 0.0442. The molecule has 1 amide bonds. The van der Waals surface area contributed by atoms with E-state index in [1.165, 1.54) is 14.0 Å². The van der Waals surface area contributed by atoms with Gasteiger partial charge >= 0.3 is 6.18 Å². The van der Waals surface area contributed by atoms with Crippen molar-refractivity contribution in [3.05, 3.63) is 45.2 Å². The number of rotatable bonds is 6. The first kappa shape index (κ1) is 23.2. The molecule has 2 N–H and O–H groups in total. The Bertz CT molecular complexity index is 1250. The van der Waals surface area contributed by atoms with Crippen LogP contribution in [0.5, 0.6) is 5.75 Å². The lowest BCUT2D eigenvalue weighted by Crippen LogP contribution is -2.23. The lowest BCUT2D eigenvalue weighted by molar-refractivity contribution is -0.138. The molecule has 0 saturated heterocycles. The Hall–Kier alpha value is -3.44. The van der Waals surface area contributed by atoms with E-state index in [0.717, 1.165) is 11.8 Å². The molecule has 14 heteroatoms. The lowest BCUT2D eigenvalue weighted by atomic mass is 10.1. The summed E-state index contributed by atoms with van der Waals surface area (Å²) in [6.07, 6.45) is -4.66. The number of nitrogens with one attached hydrogen (secondary N) is 2. The van der Waals surface area contributed by atoms with Gasteiger partial charge in [-0.1, -0.05) is 35.2 Å². The summed E-state index contributed by atoms with van der Waals surface area (Å²) in [5.41, 5.74) is -0.355. The Balaban J connectivity index is 1.83. The van der Waals surface area contributed by atoms with E-state index < -0.39 is 27.9 Å². The molecule has 32 heavy (non-hydrogen) atoms. The molecule has 9 nitrogen and oxygen atoms in total. The van der Waals surface area contributed by atoms with E-state index in [1.54, 1.807) is 24.3 Å². The summed E-state index contributed by atoms with van der Waals surface area (Å²) < 4.78 is 43.0. The van der Waals surface area contributed by atoms with Gasteiger partial charge < -0.3 is 9.72 Å². The van der Waals surface area contributed by atoms with Crippen LogP contribution in [0.4, 0.5) is 18.3 Å². The summed E-state index contributed by atoms with van der Waals surface area (Å²) in [7, 11) is 1.47. The predicted molar refractivity (Wildman–Crippen MR) is 110 cm³/mol. The normalized spacial score (nSPS) is 12.1. The Labute approximate surface area is 186 Å².